The van der Waals surface area contributed by atoms with E-state index in [1.807, 2.05) is 0 Å². The van der Waals surface area contributed by atoms with Gasteiger partial charge in [-0.15, -0.1) is 10.2 Å². The summed E-state index contributed by atoms with van der Waals surface area (Å²) in [5.41, 5.74) is 1.41. The molecule has 1 aromatic heterocycles. The molecule has 162 valence electrons. The number of nitro benzene ring substituents is 1. The number of sulfonamides is 1. The largest absolute Gasteiger partial charge is 0.419 e. The Balaban J connectivity index is 1.67. The van der Waals surface area contributed by atoms with Crippen molar-refractivity contribution in [3.8, 4) is 11.5 Å². The van der Waals surface area contributed by atoms with Gasteiger partial charge in [0.1, 0.15) is 0 Å². The average Bonchev–Trinajstić information content (AvgIpc) is 3.45. The van der Waals surface area contributed by atoms with Crippen molar-refractivity contribution in [2.45, 2.75) is 44.2 Å². The third kappa shape index (κ3) is 4.32. The molecule has 9 nitrogen and oxygen atoms in total. The van der Waals surface area contributed by atoms with Crippen molar-refractivity contribution < 1.29 is 17.8 Å². The topological polar surface area (TPSA) is 119 Å². The first-order valence-corrected chi connectivity index (χ1v) is 11.3. The SMILES string of the molecule is Cc1cc([N+](=O)[O-])cc(S(=O)(=O)N(Cc2nnc(-c3ccc(Cl)cc3)o2)C2CC2)c1C. The fourth-order valence-electron chi connectivity index (χ4n) is 3.24. The second-order valence-electron chi connectivity index (χ2n) is 7.43. The standard InChI is InChI=1S/C20H19ClN4O5S/c1-12-9-17(25(26)27)10-18(13(12)2)31(28,29)24(16-7-8-16)11-19-22-23-20(30-19)14-3-5-15(21)6-4-14/h3-6,9-10,16H,7-8,11H2,1-2H3. The molecular formula is C20H19ClN4O5S. The van der Waals surface area contributed by atoms with Gasteiger partial charge < -0.3 is 4.42 Å². The Bertz CT molecular complexity index is 1250. The normalized spacial score (nSPS) is 14.2. The average molecular weight is 463 g/mol. The second kappa shape index (κ2) is 8.03. The van der Waals surface area contributed by atoms with Gasteiger partial charge in [0.05, 0.1) is 16.4 Å². The predicted molar refractivity (Wildman–Crippen MR) is 113 cm³/mol. The molecule has 0 bridgehead atoms. The van der Waals surface area contributed by atoms with Gasteiger partial charge in [-0.3, -0.25) is 10.1 Å². The summed E-state index contributed by atoms with van der Waals surface area (Å²) in [5, 5.41) is 19.8. The van der Waals surface area contributed by atoms with Crippen molar-refractivity contribution in [3.63, 3.8) is 0 Å². The van der Waals surface area contributed by atoms with Crippen LogP contribution in [0.5, 0.6) is 0 Å². The molecule has 0 spiro atoms. The quantitative estimate of drug-likeness (QED) is 0.379. The van der Waals surface area contributed by atoms with Crippen LogP contribution in [0.2, 0.25) is 5.02 Å². The molecular weight excluding hydrogens is 444 g/mol. The highest BCUT2D eigenvalue weighted by Gasteiger charge is 2.40. The highest BCUT2D eigenvalue weighted by molar-refractivity contribution is 7.89. The lowest BCUT2D eigenvalue weighted by Crippen LogP contribution is -2.33. The molecule has 1 heterocycles. The van der Waals surface area contributed by atoms with Crippen LogP contribution in [0.25, 0.3) is 11.5 Å². The minimum atomic E-state index is -4.02. The van der Waals surface area contributed by atoms with Crippen molar-refractivity contribution in [3.05, 3.63) is 68.6 Å². The van der Waals surface area contributed by atoms with Gasteiger partial charge in [0, 0.05) is 28.8 Å². The molecule has 0 radical (unpaired) electrons. The number of benzene rings is 2. The zero-order valence-corrected chi connectivity index (χ0v) is 18.4. The maximum absolute atomic E-state index is 13.5. The first-order valence-electron chi connectivity index (χ1n) is 9.52. The van der Waals surface area contributed by atoms with E-state index >= 15 is 0 Å². The van der Waals surface area contributed by atoms with Gasteiger partial charge in [-0.05, 0) is 62.1 Å². The van der Waals surface area contributed by atoms with Crippen LogP contribution in [0.1, 0.15) is 29.9 Å². The molecule has 11 heteroatoms. The van der Waals surface area contributed by atoms with Crippen molar-refractivity contribution in [1.29, 1.82) is 0 Å². The van der Waals surface area contributed by atoms with Gasteiger partial charge in [0.15, 0.2) is 0 Å². The molecule has 0 atom stereocenters. The number of hydrogen-bond donors (Lipinski definition) is 0. The lowest BCUT2D eigenvalue weighted by Gasteiger charge is -2.21. The van der Waals surface area contributed by atoms with Gasteiger partial charge in [-0.1, -0.05) is 11.6 Å². The summed E-state index contributed by atoms with van der Waals surface area (Å²) in [6, 6.07) is 9.10. The van der Waals surface area contributed by atoms with Crippen LogP contribution in [0.3, 0.4) is 0 Å². The number of rotatable bonds is 7. The third-order valence-corrected chi connectivity index (χ3v) is 7.48. The number of non-ortho nitro benzene ring substituents is 1. The summed E-state index contributed by atoms with van der Waals surface area (Å²) in [4.78, 5) is 10.6. The molecule has 31 heavy (non-hydrogen) atoms. The predicted octanol–water partition coefficient (Wildman–Crippen LogP) is 4.27. The van der Waals surface area contributed by atoms with Crippen LogP contribution in [-0.4, -0.2) is 33.9 Å². The molecule has 1 aliphatic rings. The zero-order valence-electron chi connectivity index (χ0n) is 16.8. The van der Waals surface area contributed by atoms with Gasteiger partial charge in [-0.25, -0.2) is 8.42 Å². The summed E-state index contributed by atoms with van der Waals surface area (Å²) >= 11 is 5.90. The maximum Gasteiger partial charge on any atom is 0.271 e. The van der Waals surface area contributed by atoms with Crippen molar-refractivity contribution in [2.75, 3.05) is 0 Å². The maximum atomic E-state index is 13.5. The number of nitrogens with zero attached hydrogens (tertiary/aromatic N) is 4. The van der Waals surface area contributed by atoms with Gasteiger partial charge in [-0.2, -0.15) is 4.31 Å². The van der Waals surface area contributed by atoms with Crippen LogP contribution in [0.15, 0.2) is 45.7 Å². The number of aryl methyl sites for hydroxylation is 1. The molecule has 1 aliphatic carbocycles. The van der Waals surface area contributed by atoms with Crippen molar-refractivity contribution in [2.24, 2.45) is 0 Å². The first-order chi connectivity index (χ1) is 14.7. The molecule has 2 aromatic carbocycles. The first kappa shape index (κ1) is 21.4. The van der Waals surface area contributed by atoms with E-state index in [1.165, 1.54) is 10.4 Å². The zero-order chi connectivity index (χ0) is 22.3. The Morgan fingerprint density at radius 1 is 1.19 bits per heavy atom. The Labute approximate surface area is 183 Å². The van der Waals surface area contributed by atoms with Gasteiger partial charge >= 0.3 is 0 Å². The number of aromatic nitrogens is 2. The Hall–Kier alpha value is -2.82. The molecule has 0 N–H and O–H groups in total. The van der Waals surface area contributed by atoms with Crippen LogP contribution >= 0.6 is 11.6 Å². The molecule has 1 saturated carbocycles. The summed E-state index contributed by atoms with van der Waals surface area (Å²) in [6.45, 7) is 3.18. The fourth-order valence-corrected chi connectivity index (χ4v) is 5.32. The van der Waals surface area contributed by atoms with Gasteiger partial charge in [0.25, 0.3) is 5.69 Å². The van der Waals surface area contributed by atoms with E-state index in [4.69, 9.17) is 16.0 Å². The Morgan fingerprint density at radius 2 is 1.87 bits per heavy atom. The minimum Gasteiger partial charge on any atom is -0.419 e. The van der Waals surface area contributed by atoms with E-state index in [0.29, 0.717) is 34.6 Å². The molecule has 0 saturated heterocycles. The van der Waals surface area contributed by atoms with E-state index in [9.17, 15) is 18.5 Å². The van der Waals surface area contributed by atoms with Crippen LogP contribution < -0.4 is 0 Å². The summed E-state index contributed by atoms with van der Waals surface area (Å²) < 4.78 is 33.9. The van der Waals surface area contributed by atoms with E-state index in [1.54, 1.807) is 38.1 Å². The Kier molecular flexibility index (Phi) is 5.54. The summed E-state index contributed by atoms with van der Waals surface area (Å²) in [5.74, 6) is 0.391. The van der Waals surface area contributed by atoms with Crippen molar-refractivity contribution >= 4 is 27.3 Å². The molecule has 4 rings (SSSR count). The van der Waals surface area contributed by atoms with Crippen molar-refractivity contribution in [1.82, 2.24) is 14.5 Å². The molecule has 0 aliphatic heterocycles. The highest BCUT2D eigenvalue weighted by Crippen LogP contribution is 2.36. The number of nitro groups is 1. The van der Waals surface area contributed by atoms with Crippen LogP contribution in [0.4, 0.5) is 5.69 Å². The monoisotopic (exact) mass is 462 g/mol. The lowest BCUT2D eigenvalue weighted by molar-refractivity contribution is -0.385. The van der Waals surface area contributed by atoms with Gasteiger partial charge in [0.2, 0.25) is 21.8 Å². The summed E-state index contributed by atoms with van der Waals surface area (Å²) in [7, 11) is -4.02. The highest BCUT2D eigenvalue weighted by atomic mass is 35.5. The molecule has 0 unspecified atom stereocenters. The Morgan fingerprint density at radius 3 is 2.48 bits per heavy atom. The van der Waals surface area contributed by atoms with Crippen LogP contribution in [0, 0.1) is 24.0 Å². The molecule has 1 fully saturated rings. The van der Waals surface area contributed by atoms with E-state index in [0.717, 1.165) is 6.07 Å². The third-order valence-electron chi connectivity index (χ3n) is 5.21. The molecule has 3 aromatic rings. The summed E-state index contributed by atoms with van der Waals surface area (Å²) in [6.07, 6.45) is 1.40. The van der Waals surface area contributed by atoms with E-state index < -0.39 is 14.9 Å². The fraction of sp³-hybridized carbons (Fsp3) is 0.300. The minimum absolute atomic E-state index is 0.0801. The number of hydrogen-bond acceptors (Lipinski definition) is 7. The second-order valence-corrected chi connectivity index (χ2v) is 9.73. The number of halogens is 1. The smallest absolute Gasteiger partial charge is 0.271 e. The van der Waals surface area contributed by atoms with Crippen LogP contribution in [-0.2, 0) is 16.6 Å². The van der Waals surface area contributed by atoms with E-state index in [2.05, 4.69) is 10.2 Å². The molecule has 0 amide bonds. The lowest BCUT2D eigenvalue weighted by atomic mass is 10.1. The van der Waals surface area contributed by atoms with E-state index in [-0.39, 0.29) is 35.0 Å².